The molecule has 4 rings (SSSR count). The van der Waals surface area contributed by atoms with Crippen LogP contribution in [0.4, 0.5) is 0 Å². The Morgan fingerprint density at radius 3 is 2.76 bits per heavy atom. The molecule has 34 heavy (non-hydrogen) atoms. The van der Waals surface area contributed by atoms with Crippen LogP contribution in [0.2, 0.25) is 5.02 Å². The summed E-state index contributed by atoms with van der Waals surface area (Å²) in [4.78, 5) is 17.0. The van der Waals surface area contributed by atoms with Gasteiger partial charge in [-0.1, -0.05) is 23.7 Å². The summed E-state index contributed by atoms with van der Waals surface area (Å²) in [5.74, 6) is 1.95. The molecule has 0 spiro atoms. The van der Waals surface area contributed by atoms with E-state index in [1.165, 1.54) is 0 Å². The molecule has 1 N–H and O–H groups in total. The lowest BCUT2D eigenvalue weighted by atomic mass is 10.1. The molecule has 182 valence electrons. The number of hydrogen-bond acceptors (Lipinski definition) is 4. The Hall–Kier alpha value is -2.57. The number of amides is 1. The summed E-state index contributed by atoms with van der Waals surface area (Å²) in [5.41, 5.74) is 4.26. The van der Waals surface area contributed by atoms with Crippen molar-refractivity contribution in [2.45, 2.75) is 65.0 Å². The van der Waals surface area contributed by atoms with Gasteiger partial charge in [-0.3, -0.25) is 4.79 Å². The number of aromatic nitrogens is 2. The van der Waals surface area contributed by atoms with Crippen molar-refractivity contribution in [2.24, 2.45) is 0 Å². The molecule has 1 unspecified atom stereocenters. The topological polar surface area (TPSA) is 65.4 Å². The number of halogens is 1. The minimum absolute atomic E-state index is 0.0112. The van der Waals surface area contributed by atoms with Crippen molar-refractivity contribution >= 4 is 28.5 Å². The van der Waals surface area contributed by atoms with Gasteiger partial charge in [0, 0.05) is 31.1 Å². The molecule has 2 heterocycles. The zero-order chi connectivity index (χ0) is 23.9. The number of benzene rings is 2. The Morgan fingerprint density at radius 2 is 2.00 bits per heavy atom. The van der Waals surface area contributed by atoms with E-state index in [9.17, 15) is 4.79 Å². The lowest BCUT2D eigenvalue weighted by Gasteiger charge is -2.12. The molecule has 7 heteroatoms. The average molecular weight is 484 g/mol. The van der Waals surface area contributed by atoms with Gasteiger partial charge in [0.05, 0.1) is 17.6 Å². The highest BCUT2D eigenvalue weighted by molar-refractivity contribution is 6.32. The van der Waals surface area contributed by atoms with Crippen LogP contribution >= 0.6 is 11.6 Å². The number of fused-ring (bicyclic) bond motifs is 1. The summed E-state index contributed by atoms with van der Waals surface area (Å²) in [6.45, 7) is 6.88. The van der Waals surface area contributed by atoms with Crippen LogP contribution in [-0.2, 0) is 22.5 Å². The SMILES string of the molecule is Cc1cc(OCCCCn2c(CCCNC(=O)C3CCCO3)nc3ccccc32)cc(C)c1Cl. The zero-order valence-electron chi connectivity index (χ0n) is 20.1. The number of carbonyl (C=O) groups excluding carboxylic acids is 1. The second-order valence-corrected chi connectivity index (χ2v) is 9.37. The fourth-order valence-electron chi connectivity index (χ4n) is 4.47. The van der Waals surface area contributed by atoms with E-state index in [4.69, 9.17) is 26.1 Å². The Balaban J connectivity index is 1.28. The Labute approximate surface area is 206 Å². The van der Waals surface area contributed by atoms with E-state index in [-0.39, 0.29) is 12.0 Å². The average Bonchev–Trinajstić information content (AvgIpc) is 3.48. The van der Waals surface area contributed by atoms with E-state index in [0.29, 0.717) is 19.8 Å². The maximum atomic E-state index is 12.1. The van der Waals surface area contributed by atoms with Crippen LogP contribution in [0, 0.1) is 13.8 Å². The molecule has 0 aliphatic carbocycles. The predicted molar refractivity (Wildman–Crippen MR) is 136 cm³/mol. The number of unbranched alkanes of at least 4 members (excludes halogenated alkanes) is 1. The molecule has 0 saturated carbocycles. The van der Waals surface area contributed by atoms with Gasteiger partial charge >= 0.3 is 0 Å². The molecule has 1 aliphatic rings. The summed E-state index contributed by atoms with van der Waals surface area (Å²) in [6, 6.07) is 12.3. The molecule has 3 aromatic rings. The van der Waals surface area contributed by atoms with E-state index < -0.39 is 0 Å². The number of imidazole rings is 1. The molecule has 1 aliphatic heterocycles. The van der Waals surface area contributed by atoms with Crippen LogP contribution in [-0.4, -0.2) is 41.3 Å². The van der Waals surface area contributed by atoms with Crippen LogP contribution in [0.25, 0.3) is 11.0 Å². The minimum Gasteiger partial charge on any atom is -0.494 e. The molecule has 0 radical (unpaired) electrons. The molecule has 6 nitrogen and oxygen atoms in total. The van der Waals surface area contributed by atoms with Gasteiger partial charge in [-0.15, -0.1) is 0 Å². The van der Waals surface area contributed by atoms with Crippen LogP contribution in [0.3, 0.4) is 0 Å². The van der Waals surface area contributed by atoms with Crippen LogP contribution in [0.15, 0.2) is 36.4 Å². The number of nitrogens with one attached hydrogen (secondary N) is 1. The van der Waals surface area contributed by atoms with Crippen LogP contribution < -0.4 is 10.1 Å². The van der Waals surface area contributed by atoms with Gasteiger partial charge in [-0.2, -0.15) is 0 Å². The highest BCUT2D eigenvalue weighted by atomic mass is 35.5. The first-order chi connectivity index (χ1) is 16.5. The van der Waals surface area contributed by atoms with Gasteiger partial charge in [-0.25, -0.2) is 4.98 Å². The van der Waals surface area contributed by atoms with Gasteiger partial charge < -0.3 is 19.4 Å². The number of ether oxygens (including phenoxy) is 2. The van der Waals surface area contributed by atoms with Gasteiger partial charge in [0.25, 0.3) is 0 Å². The number of nitrogens with zero attached hydrogens (tertiary/aromatic N) is 2. The fourth-order valence-corrected chi connectivity index (χ4v) is 4.58. The van der Waals surface area contributed by atoms with Crippen molar-refractivity contribution in [1.29, 1.82) is 0 Å². The molecular formula is C27H34ClN3O3. The molecule has 2 aromatic carbocycles. The first-order valence-electron chi connectivity index (χ1n) is 12.3. The van der Waals surface area contributed by atoms with Crippen molar-refractivity contribution in [3.05, 3.63) is 58.4 Å². The quantitative estimate of drug-likeness (QED) is 0.371. The van der Waals surface area contributed by atoms with Crippen molar-refractivity contribution in [3.8, 4) is 5.75 Å². The molecule has 1 amide bonds. The van der Waals surface area contributed by atoms with Crippen LogP contribution in [0.5, 0.6) is 5.75 Å². The molecule has 1 aromatic heterocycles. The van der Waals surface area contributed by atoms with Crippen molar-refractivity contribution in [2.75, 3.05) is 19.8 Å². The molecule has 1 fully saturated rings. The van der Waals surface area contributed by atoms with Gasteiger partial charge in [0.15, 0.2) is 0 Å². The van der Waals surface area contributed by atoms with E-state index in [2.05, 4.69) is 28.1 Å². The Morgan fingerprint density at radius 1 is 1.21 bits per heavy atom. The lowest BCUT2D eigenvalue weighted by Crippen LogP contribution is -2.34. The third-order valence-corrected chi connectivity index (χ3v) is 6.88. The normalized spacial score (nSPS) is 15.7. The maximum Gasteiger partial charge on any atom is 0.249 e. The standard InChI is InChI=1S/C27H34ClN3O3/c1-19-17-21(18-20(2)26(19)28)33-15-6-5-14-31-23-10-4-3-9-22(23)30-25(31)12-7-13-29-27(32)24-11-8-16-34-24/h3-4,9-10,17-18,24H,5-8,11-16H2,1-2H3,(H,29,32). The molecule has 0 bridgehead atoms. The lowest BCUT2D eigenvalue weighted by molar-refractivity contribution is -0.130. The monoisotopic (exact) mass is 483 g/mol. The van der Waals surface area contributed by atoms with E-state index in [1.807, 2.05) is 32.0 Å². The highest BCUT2D eigenvalue weighted by Gasteiger charge is 2.22. The minimum atomic E-state index is -0.271. The van der Waals surface area contributed by atoms with Crippen molar-refractivity contribution < 1.29 is 14.3 Å². The largest absolute Gasteiger partial charge is 0.494 e. The second kappa shape index (κ2) is 11.7. The van der Waals surface area contributed by atoms with Crippen LogP contribution in [0.1, 0.15) is 49.1 Å². The smallest absolute Gasteiger partial charge is 0.249 e. The zero-order valence-corrected chi connectivity index (χ0v) is 20.9. The fraction of sp³-hybridized carbons (Fsp3) is 0.481. The first-order valence-corrected chi connectivity index (χ1v) is 12.6. The summed E-state index contributed by atoms with van der Waals surface area (Å²) in [7, 11) is 0. The Bertz CT molecular complexity index is 1100. The predicted octanol–water partition coefficient (Wildman–Crippen LogP) is 5.39. The second-order valence-electron chi connectivity index (χ2n) is 8.99. The maximum absolute atomic E-state index is 12.1. The third-order valence-electron chi connectivity index (χ3n) is 6.29. The summed E-state index contributed by atoms with van der Waals surface area (Å²) >= 11 is 6.25. The van der Waals surface area contributed by atoms with Crippen molar-refractivity contribution in [3.63, 3.8) is 0 Å². The van der Waals surface area contributed by atoms with E-state index in [1.54, 1.807) is 0 Å². The van der Waals surface area contributed by atoms with Gasteiger partial charge in [0.2, 0.25) is 5.91 Å². The van der Waals surface area contributed by atoms with E-state index >= 15 is 0 Å². The van der Waals surface area contributed by atoms with Gasteiger partial charge in [0.1, 0.15) is 17.7 Å². The number of carbonyl (C=O) groups is 1. The molecule has 1 saturated heterocycles. The molecule has 1 atom stereocenters. The summed E-state index contributed by atoms with van der Waals surface area (Å²) < 4.78 is 13.7. The third kappa shape index (κ3) is 6.10. The number of rotatable bonds is 11. The number of aryl methyl sites for hydroxylation is 4. The van der Waals surface area contributed by atoms with Crippen molar-refractivity contribution in [1.82, 2.24) is 14.9 Å². The van der Waals surface area contributed by atoms with Gasteiger partial charge in [-0.05, 0) is 81.3 Å². The number of hydrogen-bond donors (Lipinski definition) is 1. The summed E-state index contributed by atoms with van der Waals surface area (Å²) in [5, 5.41) is 3.81. The molecular weight excluding hydrogens is 450 g/mol. The Kier molecular flexibility index (Phi) is 8.46. The first kappa shape index (κ1) is 24.6. The van der Waals surface area contributed by atoms with E-state index in [0.717, 1.165) is 83.8 Å². The number of para-hydroxylation sites is 2. The highest BCUT2D eigenvalue weighted by Crippen LogP contribution is 2.26. The summed E-state index contributed by atoms with van der Waals surface area (Å²) in [6.07, 6.45) is 5.13.